The van der Waals surface area contributed by atoms with E-state index in [1.165, 1.54) is 0 Å². The first kappa shape index (κ1) is 15.7. The largest absolute Gasteiger partial charge is 0.378 e. The number of carbonyl (C=O) groups excluding carboxylic acids is 1. The number of hydrogen-bond acceptors (Lipinski definition) is 3. The monoisotopic (exact) mass is 335 g/mol. The minimum atomic E-state index is -0.0856. The zero-order valence-electron chi connectivity index (χ0n) is 14.2. The third-order valence-corrected chi connectivity index (χ3v) is 4.68. The van der Waals surface area contributed by atoms with E-state index in [4.69, 9.17) is 4.74 Å². The second-order valence-electron chi connectivity index (χ2n) is 6.24. The molecule has 1 fully saturated rings. The van der Waals surface area contributed by atoms with E-state index in [0.717, 1.165) is 35.4 Å². The van der Waals surface area contributed by atoms with Gasteiger partial charge in [-0.2, -0.15) is 0 Å². The zero-order valence-corrected chi connectivity index (χ0v) is 14.2. The molecule has 0 spiro atoms. The standard InChI is InChI=1S/C20H21N3O2/c1-22-10-9-15-16(5-4-8-18(15)22)20(24)21-17-6-2-3-7-19(17)23-11-13-25-14-12-23/h2-10H,11-14H2,1H3,(H,21,24). The second-order valence-corrected chi connectivity index (χ2v) is 6.24. The highest BCUT2D eigenvalue weighted by atomic mass is 16.5. The molecule has 0 bridgehead atoms. The van der Waals surface area contributed by atoms with Crippen LogP contribution in [0.25, 0.3) is 10.9 Å². The number of carbonyl (C=O) groups is 1. The predicted octanol–water partition coefficient (Wildman–Crippen LogP) is 3.27. The van der Waals surface area contributed by atoms with Gasteiger partial charge in [0.25, 0.3) is 5.91 Å². The molecule has 0 unspecified atom stereocenters. The van der Waals surface area contributed by atoms with Gasteiger partial charge in [0, 0.05) is 42.8 Å². The number of morpholine rings is 1. The fourth-order valence-electron chi connectivity index (χ4n) is 3.35. The van der Waals surface area contributed by atoms with Gasteiger partial charge in [0.05, 0.1) is 24.6 Å². The number of nitrogens with zero attached hydrogens (tertiary/aromatic N) is 2. The maximum atomic E-state index is 12.9. The number of nitrogens with one attached hydrogen (secondary N) is 1. The van der Waals surface area contributed by atoms with Gasteiger partial charge in [-0.25, -0.2) is 0 Å². The molecule has 1 aliphatic heterocycles. The number of anilines is 2. The molecule has 0 aliphatic carbocycles. The van der Waals surface area contributed by atoms with Crippen LogP contribution in [0.4, 0.5) is 11.4 Å². The summed E-state index contributed by atoms with van der Waals surface area (Å²) in [7, 11) is 1.98. The average molecular weight is 335 g/mol. The first-order chi connectivity index (χ1) is 12.2. The van der Waals surface area contributed by atoms with Crippen molar-refractivity contribution in [3.8, 4) is 0 Å². The molecule has 4 rings (SSSR count). The van der Waals surface area contributed by atoms with Crippen LogP contribution in [0.3, 0.4) is 0 Å². The number of fused-ring (bicyclic) bond motifs is 1. The van der Waals surface area contributed by atoms with Gasteiger partial charge >= 0.3 is 0 Å². The van der Waals surface area contributed by atoms with Gasteiger partial charge in [0.2, 0.25) is 0 Å². The highest BCUT2D eigenvalue weighted by Gasteiger charge is 2.17. The molecule has 25 heavy (non-hydrogen) atoms. The van der Waals surface area contributed by atoms with Crippen molar-refractivity contribution in [1.29, 1.82) is 0 Å². The summed E-state index contributed by atoms with van der Waals surface area (Å²) in [6, 6.07) is 15.7. The van der Waals surface area contributed by atoms with Crippen molar-refractivity contribution in [3.05, 3.63) is 60.3 Å². The fraction of sp³-hybridized carbons (Fsp3) is 0.250. The summed E-state index contributed by atoms with van der Waals surface area (Å²) in [5.74, 6) is -0.0856. The molecule has 5 nitrogen and oxygen atoms in total. The summed E-state index contributed by atoms with van der Waals surface area (Å²) in [5.41, 5.74) is 3.62. The fourth-order valence-corrected chi connectivity index (χ4v) is 3.35. The Morgan fingerprint density at radius 2 is 1.84 bits per heavy atom. The Morgan fingerprint density at radius 3 is 2.68 bits per heavy atom. The lowest BCUT2D eigenvalue weighted by atomic mass is 10.1. The number of aromatic nitrogens is 1. The van der Waals surface area contributed by atoms with Gasteiger partial charge in [0.15, 0.2) is 0 Å². The first-order valence-electron chi connectivity index (χ1n) is 8.51. The molecule has 1 amide bonds. The lowest BCUT2D eigenvalue weighted by Crippen LogP contribution is -2.36. The van der Waals surface area contributed by atoms with Gasteiger partial charge < -0.3 is 19.5 Å². The van der Waals surface area contributed by atoms with E-state index in [0.29, 0.717) is 18.8 Å². The first-order valence-corrected chi connectivity index (χ1v) is 8.51. The zero-order chi connectivity index (χ0) is 17.2. The number of hydrogen-bond donors (Lipinski definition) is 1. The summed E-state index contributed by atoms with van der Waals surface area (Å²) >= 11 is 0. The molecule has 1 aromatic heterocycles. The second kappa shape index (κ2) is 6.61. The number of benzene rings is 2. The van der Waals surface area contributed by atoms with Crippen LogP contribution in [0.5, 0.6) is 0 Å². The van der Waals surface area contributed by atoms with Gasteiger partial charge in [-0.15, -0.1) is 0 Å². The van der Waals surface area contributed by atoms with Gasteiger partial charge in [-0.05, 0) is 30.3 Å². The van der Waals surface area contributed by atoms with Crippen molar-refractivity contribution >= 4 is 28.2 Å². The van der Waals surface area contributed by atoms with Gasteiger partial charge in [-0.3, -0.25) is 4.79 Å². The molecule has 0 saturated carbocycles. The Labute approximate surface area is 146 Å². The number of rotatable bonds is 3. The van der Waals surface area contributed by atoms with Crippen molar-refractivity contribution in [1.82, 2.24) is 4.57 Å². The van der Waals surface area contributed by atoms with Crippen LogP contribution in [-0.2, 0) is 11.8 Å². The molecule has 0 radical (unpaired) electrons. The number of para-hydroxylation sites is 2. The third-order valence-electron chi connectivity index (χ3n) is 4.68. The topological polar surface area (TPSA) is 46.5 Å². The van der Waals surface area contributed by atoms with Crippen LogP contribution in [-0.4, -0.2) is 36.8 Å². The van der Waals surface area contributed by atoms with Gasteiger partial charge in [0.1, 0.15) is 0 Å². The molecule has 0 atom stereocenters. The Hall–Kier alpha value is -2.79. The molecule has 1 aliphatic rings. The minimum Gasteiger partial charge on any atom is -0.378 e. The lowest BCUT2D eigenvalue weighted by molar-refractivity contribution is 0.102. The summed E-state index contributed by atoms with van der Waals surface area (Å²) in [6.45, 7) is 3.10. The summed E-state index contributed by atoms with van der Waals surface area (Å²) in [4.78, 5) is 15.2. The summed E-state index contributed by atoms with van der Waals surface area (Å²) < 4.78 is 7.45. The van der Waals surface area contributed by atoms with Crippen LogP contribution in [0.15, 0.2) is 54.7 Å². The van der Waals surface area contributed by atoms with Crippen LogP contribution < -0.4 is 10.2 Å². The van der Waals surface area contributed by atoms with Crippen molar-refractivity contribution in [2.75, 3.05) is 36.5 Å². The van der Waals surface area contributed by atoms with Crippen LogP contribution in [0.2, 0.25) is 0 Å². The number of ether oxygens (including phenoxy) is 1. The molecular formula is C20H21N3O2. The minimum absolute atomic E-state index is 0.0856. The van der Waals surface area contributed by atoms with E-state index in [-0.39, 0.29) is 5.91 Å². The molecule has 1 N–H and O–H groups in total. The molecular weight excluding hydrogens is 314 g/mol. The third kappa shape index (κ3) is 2.98. The Morgan fingerprint density at radius 1 is 1.04 bits per heavy atom. The summed E-state index contributed by atoms with van der Waals surface area (Å²) in [6.07, 6.45) is 1.98. The van der Waals surface area contributed by atoms with E-state index >= 15 is 0 Å². The molecule has 5 heteroatoms. The molecule has 1 saturated heterocycles. The van der Waals surface area contributed by atoms with Crippen molar-refractivity contribution in [3.63, 3.8) is 0 Å². The van der Waals surface area contributed by atoms with Crippen LogP contribution in [0, 0.1) is 0 Å². The molecule has 2 heterocycles. The lowest BCUT2D eigenvalue weighted by Gasteiger charge is -2.30. The Balaban J connectivity index is 1.64. The number of aryl methyl sites for hydroxylation is 1. The maximum absolute atomic E-state index is 12.9. The maximum Gasteiger partial charge on any atom is 0.256 e. The van der Waals surface area contributed by atoms with E-state index in [1.54, 1.807) is 0 Å². The highest BCUT2D eigenvalue weighted by Crippen LogP contribution is 2.28. The SMILES string of the molecule is Cn1ccc2c(C(=O)Nc3ccccc3N3CCOCC3)cccc21. The van der Waals surface area contributed by atoms with Gasteiger partial charge in [-0.1, -0.05) is 18.2 Å². The quantitative estimate of drug-likeness (QED) is 0.799. The molecule has 3 aromatic rings. The smallest absolute Gasteiger partial charge is 0.256 e. The number of amides is 1. The molecule has 2 aromatic carbocycles. The van der Waals surface area contributed by atoms with E-state index in [1.807, 2.05) is 66.3 Å². The average Bonchev–Trinajstić information content (AvgIpc) is 3.04. The molecule has 128 valence electrons. The van der Waals surface area contributed by atoms with Crippen molar-refractivity contribution in [2.24, 2.45) is 7.05 Å². The van der Waals surface area contributed by atoms with Crippen LogP contribution >= 0.6 is 0 Å². The van der Waals surface area contributed by atoms with Crippen molar-refractivity contribution in [2.45, 2.75) is 0 Å². The Kier molecular flexibility index (Phi) is 4.15. The normalized spacial score (nSPS) is 14.7. The predicted molar refractivity (Wildman–Crippen MR) is 100 cm³/mol. The summed E-state index contributed by atoms with van der Waals surface area (Å²) in [5, 5.41) is 4.06. The Bertz CT molecular complexity index is 910. The van der Waals surface area contributed by atoms with Crippen molar-refractivity contribution < 1.29 is 9.53 Å². The van der Waals surface area contributed by atoms with E-state index in [9.17, 15) is 4.79 Å². The highest BCUT2D eigenvalue weighted by molar-refractivity contribution is 6.13. The van der Waals surface area contributed by atoms with E-state index in [2.05, 4.69) is 10.2 Å². The van der Waals surface area contributed by atoms with E-state index < -0.39 is 0 Å². The van der Waals surface area contributed by atoms with Crippen LogP contribution in [0.1, 0.15) is 10.4 Å².